The topological polar surface area (TPSA) is 20.3 Å². The minimum Gasteiger partial charge on any atom is -0.310 e. The van der Waals surface area contributed by atoms with E-state index in [9.17, 15) is 4.79 Å². The van der Waals surface area contributed by atoms with Crippen LogP contribution in [0.25, 0.3) is 0 Å². The van der Waals surface area contributed by atoms with Crippen LogP contribution in [-0.4, -0.2) is 17.7 Å². The first kappa shape index (κ1) is 13.0. The Morgan fingerprint density at radius 3 is 2.94 bits per heavy atom. The van der Waals surface area contributed by atoms with Crippen LogP contribution in [0.15, 0.2) is 27.6 Å². The normalized spacial score (nSPS) is 19.4. The third-order valence-corrected chi connectivity index (χ3v) is 4.51. The number of thioether (sulfide) groups is 1. The van der Waals surface area contributed by atoms with E-state index in [0.29, 0.717) is 0 Å². The summed E-state index contributed by atoms with van der Waals surface area (Å²) >= 11 is 5.13. The van der Waals surface area contributed by atoms with Crippen molar-refractivity contribution in [1.82, 2.24) is 0 Å². The Balaban J connectivity index is 2.36. The number of rotatable bonds is 3. The van der Waals surface area contributed by atoms with Crippen molar-refractivity contribution in [1.29, 1.82) is 0 Å². The van der Waals surface area contributed by atoms with Crippen molar-refractivity contribution in [3.8, 4) is 0 Å². The molecule has 0 saturated carbocycles. The summed E-state index contributed by atoms with van der Waals surface area (Å²) in [5, 5.41) is 0.0283. The molecule has 0 fully saturated rings. The molecule has 1 aliphatic heterocycles. The van der Waals surface area contributed by atoms with Crippen molar-refractivity contribution >= 4 is 39.3 Å². The lowest BCUT2D eigenvalue weighted by Crippen LogP contribution is -2.40. The fourth-order valence-corrected chi connectivity index (χ4v) is 3.32. The zero-order valence-corrected chi connectivity index (χ0v) is 12.5. The van der Waals surface area contributed by atoms with Gasteiger partial charge < -0.3 is 4.90 Å². The maximum Gasteiger partial charge on any atom is 0.240 e. The molecule has 1 amide bonds. The van der Waals surface area contributed by atoms with E-state index < -0.39 is 0 Å². The first-order chi connectivity index (χ1) is 8.13. The zero-order valence-electron chi connectivity index (χ0n) is 10.1. The third-order valence-electron chi connectivity index (χ3n) is 2.86. The second-order valence-electron chi connectivity index (χ2n) is 4.22. The van der Waals surface area contributed by atoms with E-state index in [2.05, 4.69) is 28.9 Å². The predicted octanol–water partition coefficient (Wildman–Crippen LogP) is 4.08. The molecular formula is C13H16BrNOS. The van der Waals surface area contributed by atoms with Crippen molar-refractivity contribution in [2.24, 2.45) is 0 Å². The van der Waals surface area contributed by atoms with Gasteiger partial charge in [0.1, 0.15) is 0 Å². The van der Waals surface area contributed by atoms with E-state index >= 15 is 0 Å². The Kier molecular flexibility index (Phi) is 4.15. The van der Waals surface area contributed by atoms with Gasteiger partial charge in [0, 0.05) is 15.9 Å². The lowest BCUT2D eigenvalue weighted by molar-refractivity contribution is -0.118. The van der Waals surface area contributed by atoms with Crippen molar-refractivity contribution in [2.45, 2.75) is 36.8 Å². The summed E-state index contributed by atoms with van der Waals surface area (Å²) in [4.78, 5) is 15.3. The molecule has 1 aromatic carbocycles. The highest BCUT2D eigenvalue weighted by molar-refractivity contribution is 9.10. The molecule has 0 N–H and O–H groups in total. The molecule has 0 bridgehead atoms. The molecule has 1 aromatic rings. The maximum atomic E-state index is 12.2. The second kappa shape index (κ2) is 5.44. The number of benzene rings is 1. The van der Waals surface area contributed by atoms with Crippen molar-refractivity contribution in [3.05, 3.63) is 22.7 Å². The van der Waals surface area contributed by atoms with Gasteiger partial charge in [-0.05, 0) is 31.5 Å². The van der Waals surface area contributed by atoms with Gasteiger partial charge >= 0.3 is 0 Å². The van der Waals surface area contributed by atoms with Crippen molar-refractivity contribution in [2.75, 3.05) is 11.4 Å². The average molecular weight is 314 g/mol. The number of fused-ring (bicyclic) bond motifs is 1. The van der Waals surface area contributed by atoms with Crippen LogP contribution < -0.4 is 4.90 Å². The SMILES string of the molecule is CCCCN1C(=O)C(C)Sc2ccc(Br)cc21. The summed E-state index contributed by atoms with van der Waals surface area (Å²) in [6.07, 6.45) is 2.16. The van der Waals surface area contributed by atoms with Crippen molar-refractivity contribution < 1.29 is 4.79 Å². The van der Waals surface area contributed by atoms with E-state index in [4.69, 9.17) is 0 Å². The quantitative estimate of drug-likeness (QED) is 0.838. The number of carbonyl (C=O) groups is 1. The van der Waals surface area contributed by atoms with Crippen LogP contribution in [0.1, 0.15) is 26.7 Å². The van der Waals surface area contributed by atoms with E-state index in [1.165, 1.54) is 4.90 Å². The Bertz CT molecular complexity index is 435. The highest BCUT2D eigenvalue weighted by atomic mass is 79.9. The molecule has 0 aromatic heterocycles. The average Bonchev–Trinajstić information content (AvgIpc) is 2.31. The van der Waals surface area contributed by atoms with Gasteiger partial charge in [-0.25, -0.2) is 0 Å². The number of hydrogen-bond donors (Lipinski definition) is 0. The monoisotopic (exact) mass is 313 g/mol. The number of hydrogen-bond acceptors (Lipinski definition) is 2. The Hall–Kier alpha value is -0.480. The molecule has 0 radical (unpaired) electrons. The highest BCUT2D eigenvalue weighted by Gasteiger charge is 2.30. The molecule has 0 saturated heterocycles. The lowest BCUT2D eigenvalue weighted by Gasteiger charge is -2.32. The van der Waals surface area contributed by atoms with Crippen LogP contribution in [0, 0.1) is 0 Å². The standard InChI is InChI=1S/C13H16BrNOS/c1-3-4-7-15-11-8-10(14)5-6-12(11)17-9(2)13(15)16/h5-6,8-9H,3-4,7H2,1-2H3. The van der Waals surface area contributed by atoms with Gasteiger partial charge in [-0.15, -0.1) is 11.8 Å². The minimum absolute atomic E-state index is 0.0283. The van der Waals surface area contributed by atoms with Crippen LogP contribution in [0.4, 0.5) is 5.69 Å². The zero-order chi connectivity index (χ0) is 12.4. The minimum atomic E-state index is 0.0283. The van der Waals surface area contributed by atoms with Gasteiger partial charge in [0.05, 0.1) is 10.9 Å². The summed E-state index contributed by atoms with van der Waals surface area (Å²) in [7, 11) is 0. The molecule has 1 heterocycles. The molecular weight excluding hydrogens is 298 g/mol. The van der Waals surface area contributed by atoms with Gasteiger partial charge in [-0.2, -0.15) is 0 Å². The number of carbonyl (C=O) groups excluding carboxylic acids is 1. The Morgan fingerprint density at radius 1 is 1.47 bits per heavy atom. The molecule has 2 rings (SSSR count). The first-order valence-electron chi connectivity index (χ1n) is 5.91. The number of nitrogens with zero attached hydrogens (tertiary/aromatic N) is 1. The van der Waals surface area contributed by atoms with E-state index in [0.717, 1.165) is 29.5 Å². The van der Waals surface area contributed by atoms with Crippen molar-refractivity contribution in [3.63, 3.8) is 0 Å². The summed E-state index contributed by atoms with van der Waals surface area (Å²) in [5.41, 5.74) is 1.06. The molecule has 2 nitrogen and oxygen atoms in total. The highest BCUT2D eigenvalue weighted by Crippen LogP contribution is 2.40. The number of unbranched alkanes of at least 4 members (excludes halogenated alkanes) is 1. The first-order valence-corrected chi connectivity index (χ1v) is 7.58. The molecule has 1 aliphatic rings. The molecule has 0 aliphatic carbocycles. The van der Waals surface area contributed by atoms with Gasteiger partial charge in [0.25, 0.3) is 0 Å². The summed E-state index contributed by atoms with van der Waals surface area (Å²) in [6.45, 7) is 4.95. The van der Waals surface area contributed by atoms with Gasteiger partial charge in [0.2, 0.25) is 5.91 Å². The molecule has 1 unspecified atom stereocenters. The van der Waals surface area contributed by atoms with Gasteiger partial charge in [-0.1, -0.05) is 29.3 Å². The number of amides is 1. The third kappa shape index (κ3) is 2.68. The summed E-state index contributed by atoms with van der Waals surface area (Å²) < 4.78 is 1.03. The predicted molar refractivity (Wildman–Crippen MR) is 76.7 cm³/mol. The molecule has 92 valence electrons. The summed E-state index contributed by atoms with van der Waals surface area (Å²) in [5.74, 6) is 0.231. The second-order valence-corrected chi connectivity index (χ2v) is 6.51. The van der Waals surface area contributed by atoms with E-state index in [1.807, 2.05) is 24.0 Å². The molecule has 0 spiro atoms. The molecule has 4 heteroatoms. The fourth-order valence-electron chi connectivity index (χ4n) is 1.93. The molecule has 17 heavy (non-hydrogen) atoms. The smallest absolute Gasteiger partial charge is 0.240 e. The number of anilines is 1. The van der Waals surface area contributed by atoms with Crippen LogP contribution in [0.3, 0.4) is 0 Å². The van der Waals surface area contributed by atoms with Crippen LogP contribution in [0.5, 0.6) is 0 Å². The van der Waals surface area contributed by atoms with Crippen LogP contribution in [0.2, 0.25) is 0 Å². The Morgan fingerprint density at radius 2 is 2.24 bits per heavy atom. The van der Waals surface area contributed by atoms with Crippen LogP contribution >= 0.6 is 27.7 Å². The van der Waals surface area contributed by atoms with Crippen LogP contribution in [-0.2, 0) is 4.79 Å². The largest absolute Gasteiger partial charge is 0.310 e. The summed E-state index contributed by atoms with van der Waals surface area (Å²) in [6, 6.07) is 6.17. The molecule has 1 atom stereocenters. The lowest BCUT2D eigenvalue weighted by atomic mass is 10.2. The number of halogens is 1. The maximum absolute atomic E-state index is 12.2. The van der Waals surface area contributed by atoms with Gasteiger partial charge in [-0.3, -0.25) is 4.79 Å². The Labute approximate surface area is 115 Å². The van der Waals surface area contributed by atoms with E-state index in [-0.39, 0.29) is 11.2 Å². The van der Waals surface area contributed by atoms with E-state index in [1.54, 1.807) is 11.8 Å². The fraction of sp³-hybridized carbons (Fsp3) is 0.462. The van der Waals surface area contributed by atoms with Gasteiger partial charge in [0.15, 0.2) is 0 Å².